The molecule has 83 heavy (non-hydrogen) atoms. The van der Waals surface area contributed by atoms with Gasteiger partial charge >= 0.3 is 30.0 Å². The number of carbonyl (C=O) groups excluding carboxylic acids is 7. The second-order valence-electron chi connectivity index (χ2n) is 24.2. The molecular weight excluding hydrogens is 1060 g/mol. The molecule has 0 aromatic heterocycles. The Morgan fingerprint density at radius 3 is 1.73 bits per heavy atom. The molecule has 5 aromatic carbocycles. The fourth-order valence-electron chi connectivity index (χ4n) is 10.5. The average Bonchev–Trinajstić information content (AvgIpc) is 2.00. The Labute approximate surface area is 485 Å². The van der Waals surface area contributed by atoms with E-state index in [0.29, 0.717) is 41.3 Å². The highest BCUT2D eigenvalue weighted by molar-refractivity contribution is 6.19. The van der Waals surface area contributed by atoms with Gasteiger partial charge in [0.2, 0.25) is 11.4 Å². The van der Waals surface area contributed by atoms with Crippen LogP contribution in [0, 0.1) is 0 Å². The van der Waals surface area contributed by atoms with Crippen LogP contribution in [0.2, 0.25) is 0 Å². The van der Waals surface area contributed by atoms with Crippen LogP contribution in [0.5, 0.6) is 5.75 Å². The molecule has 0 bridgehead atoms. The summed E-state index contributed by atoms with van der Waals surface area (Å²) in [4.78, 5) is 107. The number of imide groups is 2. The van der Waals surface area contributed by atoms with Crippen molar-refractivity contribution in [3.63, 3.8) is 0 Å². The molecule has 2 aliphatic rings. The first kappa shape index (κ1) is 62.4. The molecule has 440 valence electrons. The average molecular weight is 1140 g/mol. The highest BCUT2D eigenvalue weighted by Gasteiger charge is 2.58. The van der Waals surface area contributed by atoms with Gasteiger partial charge in [0.15, 0.2) is 5.69 Å². The molecule has 6 amide bonds. The number of nitrogen functional groups attached to an aromatic ring is 1. The quantitative estimate of drug-likeness (QED) is 0.0107. The smallest absolute Gasteiger partial charge is 0.417 e. The van der Waals surface area contributed by atoms with E-state index in [-0.39, 0.29) is 41.8 Å². The number of amides is 6. The maximum Gasteiger partial charge on any atom is 0.417 e. The first-order chi connectivity index (χ1) is 39.0. The van der Waals surface area contributed by atoms with Gasteiger partial charge in [-0.05, 0) is 152 Å². The number of benzene rings is 5. The molecule has 5 aromatic rings. The summed E-state index contributed by atoms with van der Waals surface area (Å²) in [7, 11) is 0. The Bertz CT molecular complexity index is 3220. The fraction of sp³-hybridized carbons (Fsp3) is 0.391. The van der Waals surface area contributed by atoms with Gasteiger partial charge in [-0.15, -0.1) is 4.48 Å². The highest BCUT2D eigenvalue weighted by Crippen LogP contribution is 2.46. The van der Waals surface area contributed by atoms with Gasteiger partial charge in [-0.2, -0.15) is 0 Å². The van der Waals surface area contributed by atoms with E-state index < -0.39 is 105 Å². The zero-order chi connectivity index (χ0) is 60.8. The fourth-order valence-corrected chi connectivity index (χ4v) is 10.5. The Hall–Kier alpha value is -8.23. The molecule has 0 radical (unpaired) electrons. The van der Waals surface area contributed by atoms with E-state index in [0.717, 1.165) is 22.3 Å². The van der Waals surface area contributed by atoms with Gasteiger partial charge in [0.25, 0.3) is 5.91 Å². The van der Waals surface area contributed by atoms with Crippen molar-refractivity contribution in [3.8, 4) is 16.9 Å². The number of alkyl carbamates (subject to hydrolysis) is 1. The molecule has 1 aliphatic carbocycles. The third-order valence-corrected chi connectivity index (χ3v) is 14.2. The first-order valence-electron chi connectivity index (χ1n) is 27.8. The lowest BCUT2D eigenvalue weighted by Gasteiger charge is -2.38. The van der Waals surface area contributed by atoms with E-state index in [1.165, 1.54) is 51.2 Å². The van der Waals surface area contributed by atoms with Crippen molar-refractivity contribution in [2.75, 3.05) is 18.9 Å². The summed E-state index contributed by atoms with van der Waals surface area (Å²) in [6.45, 7) is 15.0. The maximum atomic E-state index is 16.4. The van der Waals surface area contributed by atoms with Crippen molar-refractivity contribution in [1.82, 2.24) is 14.7 Å². The number of hydrogen-bond donors (Lipinski definition) is 6. The van der Waals surface area contributed by atoms with Crippen molar-refractivity contribution < 1.29 is 52.5 Å². The minimum atomic E-state index is -2.95. The van der Waals surface area contributed by atoms with Gasteiger partial charge in [-0.25, -0.2) is 28.9 Å². The molecule has 1 heterocycles. The van der Waals surface area contributed by atoms with Gasteiger partial charge in [0.05, 0.1) is 0 Å². The molecule has 0 saturated carbocycles. The molecule has 1 aliphatic heterocycles. The standard InChI is InChI=1S/C64H78N8O11/c1-61(2,3)81-43-31-27-39(28-32-43)34-51(68)56(75)72(55(74)50(67)23-16-17-33-65)37-41(44-18-14-15-24-53(44)72)35-52(54(69)73)71(60(79)83-63(7,8)9)57(76)64(70-59(78)82-62(4,5)6,36-40-25-29-42(66)30-26-40)58(77)80-38-49-47-21-12-10-19-45(47)46-20-11-13-22-48(46)49/h10-15,18-22,24-32,37,49-52H,16-17,23,33-36,38,65-68H2,1-9H3,(H2-,69,70,73,78)/p+1/t50-,51-,52-,64-,72?/m0/s1. The summed E-state index contributed by atoms with van der Waals surface area (Å²) in [5.74, 6) is -5.62. The number of carbonyl (C=O) groups is 7. The third-order valence-electron chi connectivity index (χ3n) is 14.2. The summed E-state index contributed by atoms with van der Waals surface area (Å²) >= 11 is 0. The monoisotopic (exact) mass is 1140 g/mol. The van der Waals surface area contributed by atoms with Gasteiger partial charge in [-0.1, -0.05) is 84.9 Å². The third kappa shape index (κ3) is 14.3. The number of rotatable bonds is 20. The highest BCUT2D eigenvalue weighted by atomic mass is 16.6. The summed E-state index contributed by atoms with van der Waals surface area (Å²) in [6, 6.07) is 30.0. The number of fused-ring (bicyclic) bond motifs is 4. The van der Waals surface area contributed by atoms with E-state index in [9.17, 15) is 9.59 Å². The van der Waals surface area contributed by atoms with Crippen LogP contribution >= 0.6 is 0 Å². The minimum absolute atomic E-state index is 0.0307. The van der Waals surface area contributed by atoms with Gasteiger partial charge in [0.1, 0.15) is 53.5 Å². The Balaban J connectivity index is 1.39. The van der Waals surface area contributed by atoms with E-state index in [1.807, 2.05) is 69.3 Å². The molecule has 5 atom stereocenters. The molecule has 7 rings (SSSR count). The first-order valence-corrected chi connectivity index (χ1v) is 27.8. The van der Waals surface area contributed by atoms with Crippen molar-refractivity contribution in [3.05, 3.63) is 155 Å². The number of primary amides is 1. The van der Waals surface area contributed by atoms with E-state index in [4.69, 9.17) is 47.6 Å². The minimum Gasteiger partial charge on any atom is -0.488 e. The molecule has 0 fully saturated rings. The number of unbranched alkanes of at least 4 members (excludes halogenated alkanes) is 1. The molecule has 11 N–H and O–H groups in total. The summed E-state index contributed by atoms with van der Waals surface area (Å²) in [5, 5.41) is 2.52. The molecule has 1 unspecified atom stereocenters. The van der Waals surface area contributed by atoms with Crippen LogP contribution in [0.3, 0.4) is 0 Å². The molecular formula is C64H79N8O11+. The number of anilines is 1. The van der Waals surface area contributed by atoms with Crippen LogP contribution in [0.1, 0.15) is 122 Å². The van der Waals surface area contributed by atoms with Crippen molar-refractivity contribution >= 4 is 58.7 Å². The zero-order valence-electron chi connectivity index (χ0n) is 48.9. The molecule has 19 heteroatoms. The van der Waals surface area contributed by atoms with Crippen LogP contribution in [0.25, 0.3) is 16.7 Å². The lowest BCUT2D eigenvalue weighted by atomic mass is 9.87. The molecule has 19 nitrogen and oxygen atoms in total. The summed E-state index contributed by atoms with van der Waals surface area (Å²) < 4.78 is 22.7. The number of nitrogens with zero attached hydrogens (tertiary/aromatic N) is 2. The second kappa shape index (κ2) is 25.1. The number of esters is 1. The van der Waals surface area contributed by atoms with Crippen molar-refractivity contribution in [1.29, 1.82) is 0 Å². The maximum absolute atomic E-state index is 16.4. The number of nitrogens with one attached hydrogen (secondary N) is 1. The number of ether oxygens (including phenoxy) is 4. The predicted octanol–water partition coefficient (Wildman–Crippen LogP) is 8.06. The number of nitrogens with two attached hydrogens (primary N) is 5. The Morgan fingerprint density at radius 1 is 0.639 bits per heavy atom. The van der Waals surface area contributed by atoms with Crippen LogP contribution in [0.4, 0.5) is 21.0 Å². The van der Waals surface area contributed by atoms with E-state index in [2.05, 4.69) is 5.32 Å². The lowest BCUT2D eigenvalue weighted by Crippen LogP contribution is -2.69. The molecule has 0 saturated heterocycles. The van der Waals surface area contributed by atoms with E-state index >= 15 is 24.0 Å². The van der Waals surface area contributed by atoms with Crippen molar-refractivity contribution in [2.45, 2.75) is 147 Å². The Morgan fingerprint density at radius 2 is 1.18 bits per heavy atom. The lowest BCUT2D eigenvalue weighted by molar-refractivity contribution is -0.161. The largest absolute Gasteiger partial charge is 0.488 e. The predicted molar refractivity (Wildman–Crippen MR) is 318 cm³/mol. The molecule has 0 spiro atoms. The van der Waals surface area contributed by atoms with Crippen molar-refractivity contribution in [2.24, 2.45) is 22.9 Å². The topological polar surface area (TPSA) is 302 Å². The van der Waals surface area contributed by atoms with Crippen LogP contribution < -0.4 is 43.2 Å². The second-order valence-corrected chi connectivity index (χ2v) is 24.2. The van der Waals surface area contributed by atoms with Gasteiger partial charge in [-0.3, -0.25) is 14.9 Å². The van der Waals surface area contributed by atoms with E-state index in [1.54, 1.807) is 69.3 Å². The van der Waals surface area contributed by atoms with Gasteiger partial charge in [0, 0.05) is 48.1 Å². The Kier molecular flexibility index (Phi) is 18.9. The normalized spacial score (nSPS) is 16.6. The number of quaternary nitrogens is 1. The summed E-state index contributed by atoms with van der Waals surface area (Å²) in [5.41, 5.74) is 31.1. The number of para-hydroxylation sites is 1. The van der Waals surface area contributed by atoms with Crippen LogP contribution in [-0.2, 0) is 51.0 Å². The van der Waals surface area contributed by atoms with Crippen LogP contribution in [0.15, 0.2) is 128 Å². The van der Waals surface area contributed by atoms with Crippen LogP contribution in [-0.4, -0.2) is 100 Å². The SMILES string of the molecule is CC(C)(C)OC(=O)N[C@](Cc1ccc(N)cc1)(C(=O)OCC1c2ccccc2-c2ccccc21)C(=O)N(C(=O)OC(C)(C)C)[C@@H](CC1=C[N+](C(=O)[C@@H](N)CCCCN)(C(=O)[C@@H](N)Cc2ccc(OC(C)(C)C)cc2)c2ccccc21)C(N)=O. The zero-order valence-corrected chi connectivity index (χ0v) is 48.9. The number of hydrogen-bond acceptors (Lipinski definition) is 15. The van der Waals surface area contributed by atoms with Gasteiger partial charge < -0.3 is 47.6 Å². The summed E-state index contributed by atoms with van der Waals surface area (Å²) in [6.07, 6.45) is -1.69.